The molecule has 304 valence electrons. The van der Waals surface area contributed by atoms with Gasteiger partial charge in [-0.2, -0.15) is 4.98 Å². The number of aromatic nitrogens is 3. The minimum absolute atomic E-state index is 0.0197. The molecule has 2 N–H and O–H groups in total. The van der Waals surface area contributed by atoms with Crippen LogP contribution in [0.4, 0.5) is 0 Å². The molecule has 7 rings (SSSR count). The molecule has 0 spiro atoms. The lowest BCUT2D eigenvalue weighted by molar-refractivity contribution is -0.148. The van der Waals surface area contributed by atoms with E-state index in [0.717, 1.165) is 19.3 Å². The third kappa shape index (κ3) is 8.46. The van der Waals surface area contributed by atoms with E-state index in [1.807, 2.05) is 31.7 Å². The van der Waals surface area contributed by atoms with E-state index in [0.29, 0.717) is 54.1 Å². The van der Waals surface area contributed by atoms with Crippen LogP contribution in [0.25, 0.3) is 22.4 Å². The Hall–Kier alpha value is -5.12. The number of sulfonamides is 1. The first-order valence-electron chi connectivity index (χ1n) is 19.7. The Morgan fingerprint density at radius 1 is 1.07 bits per heavy atom. The zero-order valence-corrected chi connectivity index (χ0v) is 33.7. The van der Waals surface area contributed by atoms with Crippen molar-refractivity contribution in [1.29, 1.82) is 0 Å². The molecule has 0 radical (unpaired) electrons. The minimum atomic E-state index is -3.91. The molecular formula is C41H51N7O8S. The first kappa shape index (κ1) is 40.1. The molecule has 4 heterocycles. The van der Waals surface area contributed by atoms with Gasteiger partial charge in [-0.05, 0) is 68.2 Å². The normalized spacial score (nSPS) is 24.0. The van der Waals surface area contributed by atoms with Crippen LogP contribution in [-0.4, -0.2) is 106 Å². The summed E-state index contributed by atoms with van der Waals surface area (Å²) in [4.78, 5) is 73.8. The van der Waals surface area contributed by atoms with E-state index < -0.39 is 67.9 Å². The van der Waals surface area contributed by atoms with Crippen molar-refractivity contribution >= 4 is 44.6 Å². The van der Waals surface area contributed by atoms with E-state index in [1.165, 1.54) is 11.0 Å². The largest absolute Gasteiger partial charge is 0.497 e. The fourth-order valence-electron chi connectivity index (χ4n) is 7.87. The van der Waals surface area contributed by atoms with Gasteiger partial charge in [0.2, 0.25) is 33.6 Å². The number of carbonyl (C=O) groups is 4. The Bertz CT molecular complexity index is 2170. The summed E-state index contributed by atoms with van der Waals surface area (Å²) in [5, 5.41) is 2.77. The highest BCUT2D eigenvalue weighted by Crippen LogP contribution is 2.46. The van der Waals surface area contributed by atoms with Crippen LogP contribution in [-0.2, 0) is 29.2 Å². The number of nitrogens with zero attached hydrogens (tertiary/aromatic N) is 5. The van der Waals surface area contributed by atoms with E-state index in [9.17, 15) is 27.6 Å². The molecule has 16 heteroatoms. The third-order valence-corrected chi connectivity index (χ3v) is 13.4. The monoisotopic (exact) mass is 801 g/mol. The number of pyridine rings is 1. The number of carbonyl (C=O) groups excluding carboxylic acids is 4. The second-order valence-corrected chi connectivity index (χ2v) is 18.6. The summed E-state index contributed by atoms with van der Waals surface area (Å²) >= 11 is 0. The van der Waals surface area contributed by atoms with Crippen molar-refractivity contribution in [3.05, 3.63) is 55.3 Å². The van der Waals surface area contributed by atoms with Crippen LogP contribution in [0.2, 0.25) is 0 Å². The average molecular weight is 802 g/mol. The highest BCUT2D eigenvalue weighted by atomic mass is 32.2. The molecular weight excluding hydrogens is 751 g/mol. The van der Waals surface area contributed by atoms with Crippen LogP contribution in [0.15, 0.2) is 55.3 Å². The van der Waals surface area contributed by atoms with Crippen molar-refractivity contribution in [2.45, 2.75) is 95.1 Å². The molecule has 2 aliphatic heterocycles. The van der Waals surface area contributed by atoms with Crippen molar-refractivity contribution in [3.8, 4) is 23.1 Å². The lowest BCUT2D eigenvalue weighted by Gasteiger charge is -2.36. The smallest absolute Gasteiger partial charge is 0.259 e. The SMILES string of the molecule is C=C[C@@H]1C[C@]1(NC(=O)[C@@H]1C[C@@H](Oc2nc(-c3ccccn3)nc3cc(OC)ccc23)CN1C(=O)[C@@H](CC(=O)N1CCCCC1)C(C)(C)C)C(=O)NS(=O)(=O)C1CC1. The Morgan fingerprint density at radius 2 is 1.82 bits per heavy atom. The maximum absolute atomic E-state index is 14.8. The molecule has 15 nitrogen and oxygen atoms in total. The zero-order valence-electron chi connectivity index (χ0n) is 32.9. The van der Waals surface area contributed by atoms with Gasteiger partial charge in [0.05, 0.1) is 35.7 Å². The molecule has 4 aliphatic rings. The van der Waals surface area contributed by atoms with Gasteiger partial charge in [0, 0.05) is 44.1 Å². The minimum Gasteiger partial charge on any atom is -0.497 e. The molecule has 2 aliphatic carbocycles. The van der Waals surface area contributed by atoms with Crippen LogP contribution in [0.3, 0.4) is 0 Å². The van der Waals surface area contributed by atoms with Crippen molar-refractivity contribution < 1.29 is 37.1 Å². The number of hydrogen-bond acceptors (Lipinski definition) is 11. The molecule has 1 aromatic carbocycles. The quantitative estimate of drug-likeness (QED) is 0.239. The third-order valence-electron chi connectivity index (χ3n) is 11.6. The number of fused-ring (bicyclic) bond motifs is 1. The van der Waals surface area contributed by atoms with Crippen LogP contribution >= 0.6 is 0 Å². The molecule has 57 heavy (non-hydrogen) atoms. The number of piperidine rings is 1. The summed E-state index contributed by atoms with van der Waals surface area (Å²) in [6.07, 6.45) is 6.31. The second-order valence-electron chi connectivity index (χ2n) is 16.7. The second kappa shape index (κ2) is 15.7. The number of methoxy groups -OCH3 is 1. The number of amides is 4. The van der Waals surface area contributed by atoms with Crippen molar-refractivity contribution in [2.24, 2.45) is 17.3 Å². The van der Waals surface area contributed by atoms with Gasteiger partial charge in [0.15, 0.2) is 5.82 Å². The molecule has 5 atom stereocenters. The number of likely N-dealkylation sites (tertiary alicyclic amines) is 2. The van der Waals surface area contributed by atoms with Gasteiger partial charge in [-0.25, -0.2) is 13.4 Å². The maximum atomic E-state index is 14.8. The molecule has 2 aromatic heterocycles. The number of rotatable bonds is 13. The Morgan fingerprint density at radius 3 is 2.46 bits per heavy atom. The van der Waals surface area contributed by atoms with E-state index in [1.54, 1.807) is 43.6 Å². The highest BCUT2D eigenvalue weighted by molar-refractivity contribution is 7.91. The fraction of sp³-hybridized carbons (Fsp3) is 0.537. The topological polar surface area (TPSA) is 190 Å². The number of ether oxygens (including phenoxy) is 2. The van der Waals surface area contributed by atoms with Gasteiger partial charge in [-0.15, -0.1) is 6.58 Å². The van der Waals surface area contributed by atoms with Crippen LogP contribution in [0.5, 0.6) is 11.6 Å². The van der Waals surface area contributed by atoms with E-state index in [2.05, 4.69) is 21.6 Å². The maximum Gasteiger partial charge on any atom is 0.259 e. The summed E-state index contributed by atoms with van der Waals surface area (Å²) in [7, 11) is -2.35. The van der Waals surface area contributed by atoms with Gasteiger partial charge >= 0.3 is 0 Å². The van der Waals surface area contributed by atoms with Gasteiger partial charge in [-0.3, -0.25) is 28.9 Å². The van der Waals surface area contributed by atoms with E-state index >= 15 is 0 Å². The summed E-state index contributed by atoms with van der Waals surface area (Å²) in [6, 6.07) is 9.53. The van der Waals surface area contributed by atoms with E-state index in [-0.39, 0.29) is 37.6 Å². The predicted octanol–water partition coefficient (Wildman–Crippen LogP) is 3.78. The summed E-state index contributed by atoms with van der Waals surface area (Å²) in [6.45, 7) is 10.8. The Kier molecular flexibility index (Phi) is 11.0. The highest BCUT2D eigenvalue weighted by Gasteiger charge is 2.62. The van der Waals surface area contributed by atoms with E-state index in [4.69, 9.17) is 19.4 Å². The zero-order chi connectivity index (χ0) is 40.7. The molecule has 2 saturated heterocycles. The fourth-order valence-corrected chi connectivity index (χ4v) is 9.23. The Labute approximate surface area is 333 Å². The first-order valence-corrected chi connectivity index (χ1v) is 21.2. The van der Waals surface area contributed by atoms with Crippen LogP contribution in [0, 0.1) is 17.3 Å². The molecule has 4 amide bonds. The number of benzene rings is 1. The standard InChI is InChI=1S/C41H51N7O8S/c1-6-25-23-41(25,39(52)46-57(53,54)28-14-15-28)45-36(50)33-21-27(24-48(33)38(51)30(40(2,3)4)22-34(49)47-18-10-7-11-19-47)56-37-29-16-13-26(55-5)20-32(29)43-35(44-37)31-12-8-9-17-42-31/h6,8-9,12-13,16-17,20,25,27-28,30,33H,1,7,10-11,14-15,18-19,21-24H2,2-5H3,(H,45,50)(H,46,52)/t25-,27-,30-,33+,41-/m1/s1. The van der Waals surface area contributed by atoms with Crippen LogP contribution in [0.1, 0.15) is 72.1 Å². The lowest BCUT2D eigenvalue weighted by Crippen LogP contribution is -2.57. The molecule has 0 unspecified atom stereocenters. The summed E-state index contributed by atoms with van der Waals surface area (Å²) < 4.78 is 39.9. The van der Waals surface area contributed by atoms with Gasteiger partial charge in [0.1, 0.15) is 29.1 Å². The molecule has 3 aromatic rings. The Balaban J connectivity index is 1.21. The number of hydrogen-bond donors (Lipinski definition) is 2. The number of nitrogens with one attached hydrogen (secondary N) is 2. The predicted molar refractivity (Wildman–Crippen MR) is 211 cm³/mol. The lowest BCUT2D eigenvalue weighted by atomic mass is 9.77. The van der Waals surface area contributed by atoms with Gasteiger partial charge in [0.25, 0.3) is 5.91 Å². The molecule has 0 bridgehead atoms. The van der Waals surface area contributed by atoms with Gasteiger partial charge < -0.3 is 24.6 Å². The summed E-state index contributed by atoms with van der Waals surface area (Å²) in [5.74, 6) is -2.20. The summed E-state index contributed by atoms with van der Waals surface area (Å²) in [5.41, 5.74) is -1.18. The van der Waals surface area contributed by atoms with Crippen LogP contribution < -0.4 is 19.5 Å². The van der Waals surface area contributed by atoms with Crippen molar-refractivity contribution in [1.82, 2.24) is 34.8 Å². The van der Waals surface area contributed by atoms with Crippen molar-refractivity contribution in [3.63, 3.8) is 0 Å². The molecule has 2 saturated carbocycles. The van der Waals surface area contributed by atoms with Gasteiger partial charge in [-0.1, -0.05) is 32.9 Å². The molecule has 4 fully saturated rings. The first-order chi connectivity index (χ1) is 27.1. The average Bonchev–Trinajstić information content (AvgIpc) is 4.13. The van der Waals surface area contributed by atoms with Crippen molar-refractivity contribution in [2.75, 3.05) is 26.7 Å².